The van der Waals surface area contributed by atoms with Crippen LogP contribution in [0.3, 0.4) is 0 Å². The number of nitrogens with zero attached hydrogens (tertiary/aromatic N) is 1. The van der Waals surface area contributed by atoms with E-state index in [4.69, 9.17) is 13.9 Å². The molecule has 0 aliphatic heterocycles. The number of amides is 1. The molecular weight excluding hydrogens is 337 g/mol. The minimum Gasteiger partial charge on any atom is -0.497 e. The van der Waals surface area contributed by atoms with Gasteiger partial charge in [-0.2, -0.15) is 0 Å². The first-order valence-corrected chi connectivity index (χ1v) is 8.01. The van der Waals surface area contributed by atoms with Crippen LogP contribution in [0.25, 0.3) is 0 Å². The second-order valence-electron chi connectivity index (χ2n) is 5.50. The topological polar surface area (TPSA) is 51.9 Å². The highest BCUT2D eigenvalue weighted by Crippen LogP contribution is 2.22. The van der Waals surface area contributed by atoms with E-state index in [-0.39, 0.29) is 24.9 Å². The van der Waals surface area contributed by atoms with Gasteiger partial charge in [0, 0.05) is 5.69 Å². The molecule has 0 atom stereocenters. The van der Waals surface area contributed by atoms with Crippen molar-refractivity contribution >= 4 is 11.6 Å². The van der Waals surface area contributed by atoms with Crippen LogP contribution in [0.2, 0.25) is 0 Å². The van der Waals surface area contributed by atoms with Crippen LogP contribution in [-0.4, -0.2) is 19.6 Å². The van der Waals surface area contributed by atoms with Crippen molar-refractivity contribution < 1.29 is 23.1 Å². The Morgan fingerprint density at radius 3 is 2.35 bits per heavy atom. The van der Waals surface area contributed by atoms with Crippen LogP contribution in [0.15, 0.2) is 71.3 Å². The van der Waals surface area contributed by atoms with Crippen LogP contribution in [-0.2, 0) is 11.3 Å². The Labute approximate surface area is 150 Å². The van der Waals surface area contributed by atoms with Gasteiger partial charge in [0.05, 0.1) is 19.9 Å². The Hall–Kier alpha value is -3.28. The predicted octanol–water partition coefficient (Wildman–Crippen LogP) is 4.04. The van der Waals surface area contributed by atoms with E-state index < -0.39 is 0 Å². The van der Waals surface area contributed by atoms with Gasteiger partial charge >= 0.3 is 0 Å². The molecule has 6 heteroatoms. The minimum absolute atomic E-state index is 0.182. The second-order valence-corrected chi connectivity index (χ2v) is 5.50. The fourth-order valence-corrected chi connectivity index (χ4v) is 2.40. The summed E-state index contributed by atoms with van der Waals surface area (Å²) in [5.74, 6) is 1.15. The molecule has 0 bridgehead atoms. The molecule has 3 aromatic rings. The zero-order chi connectivity index (χ0) is 18.4. The van der Waals surface area contributed by atoms with E-state index in [1.54, 1.807) is 54.7 Å². The number of carbonyl (C=O) groups is 1. The van der Waals surface area contributed by atoms with Gasteiger partial charge in [-0.05, 0) is 60.7 Å². The quantitative estimate of drug-likeness (QED) is 0.642. The average molecular weight is 355 g/mol. The number of carbonyl (C=O) groups excluding carboxylic acids is 1. The van der Waals surface area contributed by atoms with Gasteiger partial charge in [-0.15, -0.1) is 0 Å². The molecule has 1 aromatic heterocycles. The number of hydrogen-bond acceptors (Lipinski definition) is 4. The summed E-state index contributed by atoms with van der Waals surface area (Å²) < 4.78 is 28.9. The highest BCUT2D eigenvalue weighted by Gasteiger charge is 2.18. The number of methoxy groups -OCH3 is 1. The van der Waals surface area contributed by atoms with E-state index in [1.165, 1.54) is 24.3 Å². The van der Waals surface area contributed by atoms with Gasteiger partial charge in [-0.25, -0.2) is 4.39 Å². The van der Waals surface area contributed by atoms with Gasteiger partial charge in [-0.3, -0.25) is 4.79 Å². The standard InChI is InChI=1S/C20H18FNO4/c1-24-17-10-6-16(7-11-17)22(13-19-3-2-12-25-19)20(23)14-26-18-8-4-15(21)5-9-18/h2-12H,13-14H2,1H3. The average Bonchev–Trinajstić information content (AvgIpc) is 3.19. The summed E-state index contributed by atoms with van der Waals surface area (Å²) >= 11 is 0. The van der Waals surface area contributed by atoms with Crippen molar-refractivity contribution in [3.8, 4) is 11.5 Å². The number of rotatable bonds is 7. The fourth-order valence-electron chi connectivity index (χ4n) is 2.40. The molecule has 0 aliphatic carbocycles. The molecule has 1 heterocycles. The summed E-state index contributed by atoms with van der Waals surface area (Å²) in [6.07, 6.45) is 1.56. The third kappa shape index (κ3) is 4.42. The molecule has 3 rings (SSSR count). The fraction of sp³-hybridized carbons (Fsp3) is 0.150. The van der Waals surface area contributed by atoms with E-state index in [2.05, 4.69) is 0 Å². The van der Waals surface area contributed by atoms with Crippen LogP contribution in [0, 0.1) is 5.82 Å². The minimum atomic E-state index is -0.360. The van der Waals surface area contributed by atoms with Crippen LogP contribution >= 0.6 is 0 Å². The lowest BCUT2D eigenvalue weighted by Crippen LogP contribution is -2.34. The largest absolute Gasteiger partial charge is 0.497 e. The van der Waals surface area contributed by atoms with E-state index >= 15 is 0 Å². The number of anilines is 1. The molecule has 5 nitrogen and oxygen atoms in total. The summed E-state index contributed by atoms with van der Waals surface area (Å²) in [6.45, 7) is 0.0866. The Balaban J connectivity index is 1.74. The Bertz CT molecular complexity index is 829. The van der Waals surface area contributed by atoms with Crippen molar-refractivity contribution in [1.82, 2.24) is 0 Å². The second kappa shape index (κ2) is 8.20. The molecule has 26 heavy (non-hydrogen) atoms. The predicted molar refractivity (Wildman–Crippen MR) is 94.8 cm³/mol. The van der Waals surface area contributed by atoms with Crippen molar-refractivity contribution in [1.29, 1.82) is 0 Å². The van der Waals surface area contributed by atoms with E-state index in [0.717, 1.165) is 0 Å². The molecule has 2 aromatic carbocycles. The lowest BCUT2D eigenvalue weighted by Gasteiger charge is -2.22. The summed E-state index contributed by atoms with van der Waals surface area (Å²) in [4.78, 5) is 14.3. The summed E-state index contributed by atoms with van der Waals surface area (Å²) in [6, 6.07) is 16.2. The third-order valence-electron chi connectivity index (χ3n) is 3.76. The number of ether oxygens (including phenoxy) is 2. The Morgan fingerprint density at radius 2 is 1.73 bits per heavy atom. The maximum Gasteiger partial charge on any atom is 0.265 e. The molecule has 134 valence electrons. The summed E-state index contributed by atoms with van der Waals surface area (Å²) in [5, 5.41) is 0. The number of halogens is 1. The zero-order valence-corrected chi connectivity index (χ0v) is 14.2. The van der Waals surface area contributed by atoms with Crippen LogP contribution in [0.4, 0.5) is 10.1 Å². The van der Waals surface area contributed by atoms with Crippen LogP contribution < -0.4 is 14.4 Å². The monoisotopic (exact) mass is 355 g/mol. The summed E-state index contributed by atoms with van der Waals surface area (Å²) in [7, 11) is 1.58. The van der Waals surface area contributed by atoms with Gasteiger partial charge in [-0.1, -0.05) is 0 Å². The molecule has 1 amide bonds. The maximum atomic E-state index is 13.0. The lowest BCUT2D eigenvalue weighted by atomic mass is 10.2. The third-order valence-corrected chi connectivity index (χ3v) is 3.76. The number of hydrogen-bond donors (Lipinski definition) is 0. The molecule has 0 spiro atoms. The SMILES string of the molecule is COc1ccc(N(Cc2ccco2)C(=O)COc2ccc(F)cc2)cc1. The first kappa shape index (κ1) is 17.5. The highest BCUT2D eigenvalue weighted by atomic mass is 19.1. The van der Waals surface area contributed by atoms with Crippen molar-refractivity contribution in [3.63, 3.8) is 0 Å². The normalized spacial score (nSPS) is 10.4. The first-order chi connectivity index (χ1) is 12.7. The smallest absolute Gasteiger partial charge is 0.265 e. The molecular formula is C20H18FNO4. The number of benzene rings is 2. The first-order valence-electron chi connectivity index (χ1n) is 8.01. The van der Waals surface area contributed by atoms with Crippen molar-refractivity contribution in [2.24, 2.45) is 0 Å². The van der Waals surface area contributed by atoms with Gasteiger partial charge in [0.2, 0.25) is 0 Å². The van der Waals surface area contributed by atoms with E-state index in [1.807, 2.05) is 0 Å². The van der Waals surface area contributed by atoms with E-state index in [0.29, 0.717) is 22.9 Å². The van der Waals surface area contributed by atoms with Gasteiger partial charge in [0.15, 0.2) is 6.61 Å². The van der Waals surface area contributed by atoms with Crippen LogP contribution in [0.1, 0.15) is 5.76 Å². The van der Waals surface area contributed by atoms with Gasteiger partial charge < -0.3 is 18.8 Å². The maximum absolute atomic E-state index is 13.0. The molecule has 0 saturated heterocycles. The van der Waals surface area contributed by atoms with Crippen molar-refractivity contribution in [2.75, 3.05) is 18.6 Å². The van der Waals surface area contributed by atoms with Gasteiger partial charge in [0.1, 0.15) is 23.1 Å². The molecule has 0 aliphatic rings. The van der Waals surface area contributed by atoms with Gasteiger partial charge in [0.25, 0.3) is 5.91 Å². The molecule has 0 unspecified atom stereocenters. The molecule has 0 radical (unpaired) electrons. The molecule has 0 fully saturated rings. The number of furan rings is 1. The lowest BCUT2D eigenvalue weighted by molar-refractivity contribution is -0.120. The Kier molecular flexibility index (Phi) is 5.53. The highest BCUT2D eigenvalue weighted by molar-refractivity contribution is 5.94. The Morgan fingerprint density at radius 1 is 1.04 bits per heavy atom. The zero-order valence-electron chi connectivity index (χ0n) is 14.2. The van der Waals surface area contributed by atoms with Crippen molar-refractivity contribution in [3.05, 3.63) is 78.5 Å². The van der Waals surface area contributed by atoms with E-state index in [9.17, 15) is 9.18 Å². The van der Waals surface area contributed by atoms with Crippen LogP contribution in [0.5, 0.6) is 11.5 Å². The molecule has 0 saturated carbocycles. The molecule has 0 N–H and O–H groups in total. The summed E-state index contributed by atoms with van der Waals surface area (Å²) in [5.41, 5.74) is 0.690. The van der Waals surface area contributed by atoms with Crippen molar-refractivity contribution in [2.45, 2.75) is 6.54 Å².